The van der Waals surface area contributed by atoms with Crippen LogP contribution in [0.25, 0.3) is 0 Å². The molecule has 0 spiro atoms. The van der Waals surface area contributed by atoms with Gasteiger partial charge in [0.05, 0.1) is 7.11 Å². The van der Waals surface area contributed by atoms with Crippen molar-refractivity contribution < 1.29 is 9.53 Å². The minimum absolute atomic E-state index is 0.00435. The van der Waals surface area contributed by atoms with Crippen LogP contribution in [0.3, 0.4) is 0 Å². The molecule has 5 heteroatoms. The van der Waals surface area contributed by atoms with Gasteiger partial charge in [0.25, 0.3) is 5.91 Å². The third-order valence-corrected chi connectivity index (χ3v) is 5.01. The molecule has 0 unspecified atom stereocenters. The first-order chi connectivity index (χ1) is 12.6. The van der Waals surface area contributed by atoms with E-state index in [-0.39, 0.29) is 5.91 Å². The summed E-state index contributed by atoms with van der Waals surface area (Å²) in [5, 5.41) is 0.634. The summed E-state index contributed by atoms with van der Waals surface area (Å²) in [6, 6.07) is 13.4. The topological polar surface area (TPSA) is 32.8 Å². The number of methoxy groups -OCH3 is 1. The van der Waals surface area contributed by atoms with Gasteiger partial charge in [-0.25, -0.2) is 0 Å². The Labute approximate surface area is 160 Å². The Bertz CT molecular complexity index is 772. The van der Waals surface area contributed by atoms with Crippen LogP contribution in [0.5, 0.6) is 5.75 Å². The predicted octanol–water partition coefficient (Wildman–Crippen LogP) is 4.22. The van der Waals surface area contributed by atoms with Crippen molar-refractivity contribution in [1.82, 2.24) is 9.80 Å². The summed E-state index contributed by atoms with van der Waals surface area (Å²) in [6.45, 7) is 3.64. The normalized spacial score (nSPS) is 14.4. The second kappa shape index (κ2) is 8.56. The van der Waals surface area contributed by atoms with Crippen LogP contribution in [-0.4, -0.2) is 43.0 Å². The molecule has 0 aliphatic carbocycles. The zero-order valence-corrected chi connectivity index (χ0v) is 16.1. The Hall–Kier alpha value is -2.04. The molecule has 0 N–H and O–H groups in total. The molecule has 0 radical (unpaired) electrons. The highest BCUT2D eigenvalue weighted by Gasteiger charge is 2.16. The highest BCUT2D eigenvalue weighted by molar-refractivity contribution is 6.30. The van der Waals surface area contributed by atoms with Crippen molar-refractivity contribution in [3.8, 4) is 5.75 Å². The number of hydrogen-bond acceptors (Lipinski definition) is 3. The lowest BCUT2D eigenvalue weighted by Gasteiger charge is -2.20. The van der Waals surface area contributed by atoms with E-state index in [0.717, 1.165) is 30.9 Å². The molecule has 26 heavy (non-hydrogen) atoms. The minimum atomic E-state index is -0.00435. The van der Waals surface area contributed by atoms with Crippen molar-refractivity contribution in [3.05, 3.63) is 64.2 Å². The summed E-state index contributed by atoms with van der Waals surface area (Å²) in [6.07, 6.45) is 2.53. The molecule has 1 amide bonds. The summed E-state index contributed by atoms with van der Waals surface area (Å²) in [7, 11) is 3.42. The van der Waals surface area contributed by atoms with Gasteiger partial charge in [-0.15, -0.1) is 0 Å². The van der Waals surface area contributed by atoms with E-state index < -0.39 is 0 Å². The molecule has 1 aliphatic rings. The van der Waals surface area contributed by atoms with Crippen molar-refractivity contribution >= 4 is 17.5 Å². The van der Waals surface area contributed by atoms with Gasteiger partial charge < -0.3 is 9.64 Å². The largest absolute Gasteiger partial charge is 0.496 e. The first-order valence-electron chi connectivity index (χ1n) is 8.96. The van der Waals surface area contributed by atoms with Crippen molar-refractivity contribution in [2.75, 3.05) is 27.2 Å². The molecular weight excluding hydrogens is 348 g/mol. The van der Waals surface area contributed by atoms with Gasteiger partial charge >= 0.3 is 0 Å². The molecule has 0 saturated carbocycles. The Morgan fingerprint density at radius 1 is 1.19 bits per heavy atom. The van der Waals surface area contributed by atoms with Crippen LogP contribution >= 0.6 is 11.6 Å². The van der Waals surface area contributed by atoms with E-state index in [1.54, 1.807) is 25.1 Å². The number of carbonyl (C=O) groups is 1. The van der Waals surface area contributed by atoms with Gasteiger partial charge in [-0.3, -0.25) is 9.69 Å². The average molecular weight is 373 g/mol. The molecule has 1 heterocycles. The second-order valence-electron chi connectivity index (χ2n) is 6.80. The molecule has 1 aliphatic heterocycles. The fourth-order valence-electron chi connectivity index (χ4n) is 3.42. The SMILES string of the molecule is COc1ccc(Cl)cc1CN(C)C(=O)c1cccc(CN2CCCC2)c1. The van der Waals surface area contributed by atoms with E-state index in [2.05, 4.69) is 11.0 Å². The van der Waals surface area contributed by atoms with Crippen LogP contribution < -0.4 is 4.74 Å². The molecular formula is C21H25ClN2O2. The van der Waals surface area contributed by atoms with E-state index in [1.807, 2.05) is 30.3 Å². The molecule has 0 aromatic heterocycles. The van der Waals surface area contributed by atoms with Gasteiger partial charge in [0.1, 0.15) is 5.75 Å². The smallest absolute Gasteiger partial charge is 0.253 e. The fraction of sp³-hybridized carbons (Fsp3) is 0.381. The summed E-state index contributed by atoms with van der Waals surface area (Å²) in [5.41, 5.74) is 2.79. The fourth-order valence-corrected chi connectivity index (χ4v) is 3.61. The van der Waals surface area contributed by atoms with E-state index in [0.29, 0.717) is 17.1 Å². The van der Waals surface area contributed by atoms with E-state index in [4.69, 9.17) is 16.3 Å². The minimum Gasteiger partial charge on any atom is -0.496 e. The first-order valence-corrected chi connectivity index (χ1v) is 9.34. The zero-order valence-electron chi connectivity index (χ0n) is 15.4. The van der Waals surface area contributed by atoms with Crippen molar-refractivity contribution in [1.29, 1.82) is 0 Å². The first kappa shape index (κ1) is 18.7. The van der Waals surface area contributed by atoms with Crippen LogP contribution in [-0.2, 0) is 13.1 Å². The van der Waals surface area contributed by atoms with Crippen LogP contribution in [0.1, 0.15) is 34.3 Å². The van der Waals surface area contributed by atoms with Crippen LogP contribution in [0.15, 0.2) is 42.5 Å². The molecule has 1 saturated heterocycles. The maximum Gasteiger partial charge on any atom is 0.253 e. The van der Waals surface area contributed by atoms with E-state index >= 15 is 0 Å². The van der Waals surface area contributed by atoms with Gasteiger partial charge in [-0.1, -0.05) is 23.7 Å². The molecule has 4 nitrogen and oxygen atoms in total. The number of benzene rings is 2. The van der Waals surface area contributed by atoms with E-state index in [1.165, 1.54) is 18.4 Å². The Balaban J connectivity index is 1.71. The molecule has 2 aromatic rings. The Kier molecular flexibility index (Phi) is 6.17. The zero-order chi connectivity index (χ0) is 18.5. The lowest BCUT2D eigenvalue weighted by molar-refractivity contribution is 0.0784. The third kappa shape index (κ3) is 4.57. The third-order valence-electron chi connectivity index (χ3n) is 4.78. The van der Waals surface area contributed by atoms with Gasteiger partial charge in [0, 0.05) is 36.3 Å². The maximum atomic E-state index is 12.9. The number of amides is 1. The molecule has 2 aromatic carbocycles. The predicted molar refractivity (Wildman–Crippen MR) is 105 cm³/mol. The summed E-state index contributed by atoms with van der Waals surface area (Å²) < 4.78 is 5.38. The maximum absolute atomic E-state index is 12.9. The molecule has 3 rings (SSSR count). The number of nitrogens with zero attached hydrogens (tertiary/aromatic N) is 2. The number of carbonyl (C=O) groups excluding carboxylic acids is 1. The van der Waals surface area contributed by atoms with Crippen LogP contribution in [0.4, 0.5) is 0 Å². The molecule has 0 atom stereocenters. The standard InChI is InChI=1S/C21H25ClN2O2/c1-23(15-18-13-19(22)8-9-20(18)26-2)21(25)17-7-5-6-16(12-17)14-24-10-3-4-11-24/h5-9,12-13H,3-4,10-11,14-15H2,1-2H3. The monoisotopic (exact) mass is 372 g/mol. The van der Waals surface area contributed by atoms with Gasteiger partial charge in [0.15, 0.2) is 0 Å². The number of ether oxygens (including phenoxy) is 1. The van der Waals surface area contributed by atoms with Crippen LogP contribution in [0, 0.1) is 0 Å². The highest BCUT2D eigenvalue weighted by Crippen LogP contribution is 2.24. The Morgan fingerprint density at radius 3 is 2.69 bits per heavy atom. The van der Waals surface area contributed by atoms with Crippen molar-refractivity contribution in [3.63, 3.8) is 0 Å². The number of likely N-dealkylation sites (tertiary alicyclic amines) is 1. The number of hydrogen-bond donors (Lipinski definition) is 0. The molecule has 1 fully saturated rings. The summed E-state index contributed by atoms with van der Waals surface area (Å²) >= 11 is 6.09. The van der Waals surface area contributed by atoms with Crippen molar-refractivity contribution in [2.24, 2.45) is 0 Å². The van der Waals surface area contributed by atoms with Gasteiger partial charge in [-0.05, 0) is 61.8 Å². The average Bonchev–Trinajstić information content (AvgIpc) is 3.14. The summed E-state index contributed by atoms with van der Waals surface area (Å²) in [5.74, 6) is 0.729. The van der Waals surface area contributed by atoms with Crippen LogP contribution in [0.2, 0.25) is 5.02 Å². The highest BCUT2D eigenvalue weighted by atomic mass is 35.5. The second-order valence-corrected chi connectivity index (χ2v) is 7.24. The van der Waals surface area contributed by atoms with E-state index in [9.17, 15) is 4.79 Å². The lowest BCUT2D eigenvalue weighted by Crippen LogP contribution is -2.26. The van der Waals surface area contributed by atoms with Gasteiger partial charge in [-0.2, -0.15) is 0 Å². The lowest BCUT2D eigenvalue weighted by atomic mass is 10.1. The van der Waals surface area contributed by atoms with Crippen molar-refractivity contribution in [2.45, 2.75) is 25.9 Å². The molecule has 0 bridgehead atoms. The van der Waals surface area contributed by atoms with Gasteiger partial charge in [0.2, 0.25) is 0 Å². The number of halogens is 1. The summed E-state index contributed by atoms with van der Waals surface area (Å²) in [4.78, 5) is 17.0. The molecule has 138 valence electrons. The quantitative estimate of drug-likeness (QED) is 0.761. The Morgan fingerprint density at radius 2 is 1.96 bits per heavy atom. The number of rotatable bonds is 6.